The number of hydrogen-bond acceptors (Lipinski definition) is 3. The predicted octanol–water partition coefficient (Wildman–Crippen LogP) is -1.26. The van der Waals surface area contributed by atoms with Crippen molar-refractivity contribution in [3.63, 3.8) is 0 Å². The van der Waals surface area contributed by atoms with Crippen molar-refractivity contribution in [1.82, 2.24) is 19.7 Å². The lowest BCUT2D eigenvalue weighted by molar-refractivity contribution is -0.00000367. The summed E-state index contributed by atoms with van der Waals surface area (Å²) in [6.45, 7) is 0. The molecule has 2 aromatic rings. The van der Waals surface area contributed by atoms with Gasteiger partial charge < -0.3 is 12.4 Å². The second-order valence-electron chi connectivity index (χ2n) is 4.52. The van der Waals surface area contributed by atoms with Crippen LogP contribution in [-0.2, 0) is 0 Å². The summed E-state index contributed by atoms with van der Waals surface area (Å²) in [5, 5.41) is 8.05. The van der Waals surface area contributed by atoms with Gasteiger partial charge in [-0.05, 0) is 0 Å². The maximum Gasteiger partial charge on any atom is 0.347 e. The molecule has 0 atom stereocenters. The van der Waals surface area contributed by atoms with Crippen LogP contribution in [0.5, 0.6) is 0 Å². The smallest absolute Gasteiger partial charge is 0.347 e. The number of benzene rings is 1. The standard InChI is InChI=1S/C12H15N4.ClH/c1-16(2,3)12-14-11(9-13-15-12)10-7-5-4-6-8-10;/h4-9H,1-3H3;1H/q+1;/p-1. The van der Waals surface area contributed by atoms with Gasteiger partial charge in [-0.25, -0.2) is 0 Å². The van der Waals surface area contributed by atoms with Crippen molar-refractivity contribution < 1.29 is 12.4 Å². The molecule has 2 rings (SSSR count). The molecule has 0 unspecified atom stereocenters. The Labute approximate surface area is 107 Å². The molecule has 0 amide bonds. The predicted molar refractivity (Wildman–Crippen MR) is 64.8 cm³/mol. The van der Waals surface area contributed by atoms with Gasteiger partial charge in [-0.1, -0.05) is 35.4 Å². The van der Waals surface area contributed by atoms with Crippen LogP contribution in [0.25, 0.3) is 11.3 Å². The van der Waals surface area contributed by atoms with Gasteiger partial charge in [0.05, 0.1) is 33.0 Å². The van der Waals surface area contributed by atoms with E-state index >= 15 is 0 Å². The SMILES string of the molecule is C[N+](C)(C)c1nncc(-c2ccccc2)n1.[Cl-]. The number of halogens is 1. The van der Waals surface area contributed by atoms with E-state index in [9.17, 15) is 0 Å². The molecule has 1 heterocycles. The minimum absolute atomic E-state index is 0. The Morgan fingerprint density at radius 1 is 1.00 bits per heavy atom. The van der Waals surface area contributed by atoms with Crippen LogP contribution in [0.4, 0.5) is 5.95 Å². The summed E-state index contributed by atoms with van der Waals surface area (Å²) < 4.78 is 0.563. The summed E-state index contributed by atoms with van der Waals surface area (Å²) in [5.74, 6) is 0.710. The molecule has 5 heteroatoms. The quantitative estimate of drug-likeness (QED) is 0.625. The molecular weight excluding hydrogens is 236 g/mol. The van der Waals surface area contributed by atoms with E-state index < -0.39 is 0 Å². The molecule has 0 aliphatic carbocycles. The van der Waals surface area contributed by atoms with Crippen molar-refractivity contribution in [2.75, 3.05) is 21.1 Å². The van der Waals surface area contributed by atoms with Gasteiger partial charge in [0.25, 0.3) is 0 Å². The topological polar surface area (TPSA) is 38.7 Å². The highest BCUT2D eigenvalue weighted by atomic mass is 35.5. The Morgan fingerprint density at radius 2 is 1.65 bits per heavy atom. The van der Waals surface area contributed by atoms with E-state index in [0.29, 0.717) is 10.4 Å². The molecule has 0 aliphatic heterocycles. The van der Waals surface area contributed by atoms with Gasteiger partial charge in [0, 0.05) is 5.56 Å². The van der Waals surface area contributed by atoms with Gasteiger partial charge in [0.2, 0.25) is 0 Å². The normalized spacial score (nSPS) is 10.8. The van der Waals surface area contributed by atoms with Crippen LogP contribution >= 0.6 is 0 Å². The minimum atomic E-state index is 0. The van der Waals surface area contributed by atoms with Gasteiger partial charge in [0.1, 0.15) is 0 Å². The molecule has 4 nitrogen and oxygen atoms in total. The maximum absolute atomic E-state index is 4.51. The fourth-order valence-electron chi connectivity index (χ4n) is 1.33. The number of rotatable bonds is 2. The highest BCUT2D eigenvalue weighted by Crippen LogP contribution is 2.17. The average Bonchev–Trinajstić information content (AvgIpc) is 2.29. The lowest BCUT2D eigenvalue weighted by Gasteiger charge is -2.19. The second kappa shape index (κ2) is 5.21. The Balaban J connectivity index is 0.00000144. The van der Waals surface area contributed by atoms with Crippen molar-refractivity contribution in [2.24, 2.45) is 0 Å². The van der Waals surface area contributed by atoms with Crippen molar-refractivity contribution in [3.05, 3.63) is 36.5 Å². The van der Waals surface area contributed by atoms with Gasteiger partial charge in [0.15, 0.2) is 0 Å². The molecular formula is C12H15ClN4. The van der Waals surface area contributed by atoms with E-state index in [4.69, 9.17) is 0 Å². The van der Waals surface area contributed by atoms with Gasteiger partial charge in [-0.15, -0.1) is 5.10 Å². The van der Waals surface area contributed by atoms with Gasteiger partial charge >= 0.3 is 5.95 Å². The molecule has 0 fully saturated rings. The van der Waals surface area contributed by atoms with E-state index in [-0.39, 0.29) is 12.4 Å². The first-order chi connectivity index (χ1) is 7.57. The number of nitrogens with zero attached hydrogens (tertiary/aromatic N) is 4. The number of quaternary nitrogens is 1. The first-order valence-electron chi connectivity index (χ1n) is 5.14. The molecule has 0 radical (unpaired) electrons. The van der Waals surface area contributed by atoms with Crippen LogP contribution in [0.2, 0.25) is 0 Å². The van der Waals surface area contributed by atoms with Gasteiger partial charge in [-0.2, -0.15) is 4.98 Å². The molecule has 0 bridgehead atoms. The van der Waals surface area contributed by atoms with E-state index in [0.717, 1.165) is 11.3 Å². The first-order valence-corrected chi connectivity index (χ1v) is 5.14. The highest BCUT2D eigenvalue weighted by Gasteiger charge is 2.17. The van der Waals surface area contributed by atoms with Crippen molar-refractivity contribution in [3.8, 4) is 11.3 Å². The van der Waals surface area contributed by atoms with Crippen LogP contribution in [-0.4, -0.2) is 36.3 Å². The Hall–Kier alpha value is -1.52. The van der Waals surface area contributed by atoms with E-state index in [1.54, 1.807) is 6.20 Å². The zero-order chi connectivity index (χ0) is 11.6. The molecule has 90 valence electrons. The zero-order valence-corrected chi connectivity index (χ0v) is 10.9. The van der Waals surface area contributed by atoms with E-state index in [2.05, 4.69) is 15.2 Å². The Kier molecular flexibility index (Phi) is 4.15. The minimum Gasteiger partial charge on any atom is -1.00 e. The third-order valence-electron chi connectivity index (χ3n) is 2.22. The van der Waals surface area contributed by atoms with Crippen LogP contribution < -0.4 is 16.9 Å². The summed E-state index contributed by atoms with van der Waals surface area (Å²) in [6.07, 6.45) is 1.69. The summed E-state index contributed by atoms with van der Waals surface area (Å²) in [7, 11) is 6.06. The van der Waals surface area contributed by atoms with Crippen LogP contribution in [0.3, 0.4) is 0 Å². The highest BCUT2D eigenvalue weighted by molar-refractivity contribution is 5.58. The third-order valence-corrected chi connectivity index (χ3v) is 2.22. The average molecular weight is 251 g/mol. The van der Waals surface area contributed by atoms with E-state index in [1.807, 2.05) is 51.5 Å². The Bertz CT molecular complexity index is 479. The molecule has 0 saturated carbocycles. The first kappa shape index (κ1) is 13.5. The number of hydrogen-bond donors (Lipinski definition) is 0. The molecule has 0 saturated heterocycles. The lowest BCUT2D eigenvalue weighted by Crippen LogP contribution is -3.00. The summed E-state index contributed by atoms with van der Waals surface area (Å²) in [6, 6.07) is 10.00. The van der Waals surface area contributed by atoms with Crippen LogP contribution in [0.1, 0.15) is 0 Å². The molecule has 0 aliphatic rings. The second-order valence-corrected chi connectivity index (χ2v) is 4.52. The van der Waals surface area contributed by atoms with Crippen molar-refractivity contribution in [1.29, 1.82) is 0 Å². The molecule has 0 N–H and O–H groups in total. The van der Waals surface area contributed by atoms with Crippen molar-refractivity contribution in [2.45, 2.75) is 0 Å². The molecule has 17 heavy (non-hydrogen) atoms. The third kappa shape index (κ3) is 3.22. The molecule has 1 aromatic heterocycles. The zero-order valence-electron chi connectivity index (χ0n) is 10.1. The molecule has 1 aromatic carbocycles. The van der Waals surface area contributed by atoms with Gasteiger partial charge in [-0.3, -0.25) is 4.48 Å². The lowest BCUT2D eigenvalue weighted by atomic mass is 10.2. The summed E-state index contributed by atoms with van der Waals surface area (Å²) in [5.41, 5.74) is 1.92. The summed E-state index contributed by atoms with van der Waals surface area (Å²) in [4.78, 5) is 4.51. The van der Waals surface area contributed by atoms with Crippen LogP contribution in [0, 0.1) is 0 Å². The molecule has 0 spiro atoms. The monoisotopic (exact) mass is 250 g/mol. The van der Waals surface area contributed by atoms with Crippen molar-refractivity contribution >= 4 is 5.95 Å². The maximum atomic E-state index is 4.51. The largest absolute Gasteiger partial charge is 1.00 e. The number of aromatic nitrogens is 3. The van der Waals surface area contributed by atoms with Crippen LogP contribution in [0.15, 0.2) is 36.5 Å². The fraction of sp³-hybridized carbons (Fsp3) is 0.250. The fourth-order valence-corrected chi connectivity index (χ4v) is 1.33. The summed E-state index contributed by atoms with van der Waals surface area (Å²) >= 11 is 0. The van der Waals surface area contributed by atoms with E-state index in [1.165, 1.54) is 0 Å². The Morgan fingerprint density at radius 3 is 2.24 bits per heavy atom.